The Kier molecular flexibility index (Phi) is 6.00. The van der Waals surface area contributed by atoms with E-state index in [1.165, 1.54) is 0 Å². The maximum Gasteiger partial charge on any atom is 0.255 e. The van der Waals surface area contributed by atoms with E-state index in [0.717, 1.165) is 40.0 Å². The van der Waals surface area contributed by atoms with E-state index < -0.39 is 0 Å². The van der Waals surface area contributed by atoms with Gasteiger partial charge in [-0.25, -0.2) is 9.67 Å². The van der Waals surface area contributed by atoms with Crippen molar-refractivity contribution in [3.8, 4) is 22.1 Å². The van der Waals surface area contributed by atoms with E-state index in [-0.39, 0.29) is 18.0 Å². The Labute approximate surface area is 202 Å². The van der Waals surface area contributed by atoms with Gasteiger partial charge in [-0.1, -0.05) is 12.1 Å². The molecule has 3 aromatic heterocycles. The van der Waals surface area contributed by atoms with Gasteiger partial charge in [0.25, 0.3) is 5.91 Å². The van der Waals surface area contributed by atoms with Crippen LogP contribution in [0.25, 0.3) is 21.6 Å². The minimum atomic E-state index is -0.0270. The molecule has 0 N–H and O–H groups in total. The Bertz CT molecular complexity index is 1330. The van der Waals surface area contributed by atoms with Crippen LogP contribution >= 0.6 is 11.3 Å². The summed E-state index contributed by atoms with van der Waals surface area (Å²) in [6.07, 6.45) is 3.62. The minimum Gasteiger partial charge on any atom is -0.493 e. The third-order valence-corrected chi connectivity index (χ3v) is 7.26. The van der Waals surface area contributed by atoms with Crippen LogP contribution in [-0.2, 0) is 0 Å². The molecule has 0 radical (unpaired) electrons. The van der Waals surface area contributed by atoms with Crippen LogP contribution in [0.4, 0.5) is 0 Å². The van der Waals surface area contributed by atoms with Gasteiger partial charge in [0.05, 0.1) is 48.0 Å². The molecule has 7 nitrogen and oxygen atoms in total. The van der Waals surface area contributed by atoms with Gasteiger partial charge in [0.2, 0.25) is 0 Å². The number of ether oxygens (including phenoxy) is 2. The summed E-state index contributed by atoms with van der Waals surface area (Å²) in [6, 6.07) is 12.0. The minimum absolute atomic E-state index is 0.00537. The summed E-state index contributed by atoms with van der Waals surface area (Å²) < 4.78 is 12.8. The van der Waals surface area contributed by atoms with Gasteiger partial charge in [-0.2, -0.15) is 5.10 Å². The standard InChI is InChI=1S/C26H28N4O3S/c1-16(2)30-25-19(15-27-30)18(14-20(28-25)24-8-6-12-34-24)26(31)29-11-5-7-21(29)17-9-10-22(32-3)23(13-17)33-4/h6,8-10,12-16,21H,5,7,11H2,1-4H3. The number of likely N-dealkylation sites (tertiary alicyclic amines) is 1. The van der Waals surface area contributed by atoms with Crippen LogP contribution in [0.3, 0.4) is 0 Å². The van der Waals surface area contributed by atoms with Gasteiger partial charge in [0, 0.05) is 12.6 Å². The molecule has 1 aromatic carbocycles. The van der Waals surface area contributed by atoms with E-state index in [0.29, 0.717) is 23.6 Å². The van der Waals surface area contributed by atoms with Crippen LogP contribution < -0.4 is 9.47 Å². The smallest absolute Gasteiger partial charge is 0.255 e. The first-order chi connectivity index (χ1) is 16.5. The Morgan fingerprint density at radius 1 is 1.15 bits per heavy atom. The summed E-state index contributed by atoms with van der Waals surface area (Å²) in [5.74, 6) is 1.36. The van der Waals surface area contributed by atoms with Gasteiger partial charge in [-0.05, 0) is 61.9 Å². The monoisotopic (exact) mass is 476 g/mol. The molecule has 5 rings (SSSR count). The zero-order chi connectivity index (χ0) is 23.8. The van der Waals surface area contributed by atoms with Crippen molar-refractivity contribution < 1.29 is 14.3 Å². The fourth-order valence-electron chi connectivity index (χ4n) is 4.69. The number of carbonyl (C=O) groups excluding carboxylic acids is 1. The molecule has 0 bridgehead atoms. The van der Waals surface area contributed by atoms with E-state index in [1.807, 2.05) is 51.4 Å². The van der Waals surface area contributed by atoms with Crippen molar-refractivity contribution in [1.29, 1.82) is 0 Å². The summed E-state index contributed by atoms with van der Waals surface area (Å²) in [7, 11) is 3.26. The molecule has 1 unspecified atom stereocenters. The van der Waals surface area contributed by atoms with Crippen LogP contribution in [0.5, 0.6) is 11.5 Å². The number of benzene rings is 1. The number of amides is 1. The first-order valence-corrected chi connectivity index (χ1v) is 12.3. The molecule has 1 aliphatic rings. The van der Waals surface area contributed by atoms with Crippen molar-refractivity contribution >= 4 is 28.3 Å². The van der Waals surface area contributed by atoms with Crippen molar-refractivity contribution in [2.45, 2.75) is 38.8 Å². The molecule has 0 saturated carbocycles. The summed E-state index contributed by atoms with van der Waals surface area (Å²) in [5, 5.41) is 7.37. The zero-order valence-electron chi connectivity index (χ0n) is 19.8. The third-order valence-electron chi connectivity index (χ3n) is 6.37. The molecule has 4 heterocycles. The van der Waals surface area contributed by atoms with E-state index in [1.54, 1.807) is 31.8 Å². The number of thiophene rings is 1. The summed E-state index contributed by atoms with van der Waals surface area (Å²) in [4.78, 5) is 21.9. The maximum absolute atomic E-state index is 14.0. The number of methoxy groups -OCH3 is 2. The fraction of sp³-hybridized carbons (Fsp3) is 0.346. The molecular formula is C26H28N4O3S. The Hall–Kier alpha value is -3.39. The number of hydrogen-bond acceptors (Lipinski definition) is 6. The second-order valence-electron chi connectivity index (χ2n) is 8.72. The number of fused-ring (bicyclic) bond motifs is 1. The van der Waals surface area contributed by atoms with Gasteiger partial charge < -0.3 is 14.4 Å². The molecule has 0 spiro atoms. The highest BCUT2D eigenvalue weighted by Crippen LogP contribution is 2.39. The van der Waals surface area contributed by atoms with Gasteiger partial charge in [-0.3, -0.25) is 4.79 Å². The Balaban J connectivity index is 1.59. The summed E-state index contributed by atoms with van der Waals surface area (Å²) >= 11 is 1.62. The number of nitrogens with zero attached hydrogens (tertiary/aromatic N) is 4. The first-order valence-electron chi connectivity index (χ1n) is 11.5. The lowest BCUT2D eigenvalue weighted by Gasteiger charge is -2.26. The molecule has 0 aliphatic carbocycles. The predicted molar refractivity (Wildman–Crippen MR) is 134 cm³/mol. The average molecular weight is 477 g/mol. The molecule has 8 heteroatoms. The van der Waals surface area contributed by atoms with Crippen molar-refractivity contribution in [2.24, 2.45) is 0 Å². The van der Waals surface area contributed by atoms with E-state index in [9.17, 15) is 4.79 Å². The van der Waals surface area contributed by atoms with Gasteiger partial charge in [-0.15, -0.1) is 11.3 Å². The van der Waals surface area contributed by atoms with E-state index >= 15 is 0 Å². The number of aromatic nitrogens is 3. The molecule has 1 amide bonds. The lowest BCUT2D eigenvalue weighted by Crippen LogP contribution is -2.30. The zero-order valence-corrected chi connectivity index (χ0v) is 20.6. The number of pyridine rings is 1. The normalized spacial score (nSPS) is 15.9. The number of hydrogen-bond donors (Lipinski definition) is 0. The van der Waals surface area contributed by atoms with Crippen LogP contribution in [0.2, 0.25) is 0 Å². The van der Waals surface area contributed by atoms with E-state index in [2.05, 4.69) is 18.9 Å². The number of carbonyl (C=O) groups is 1. The molecule has 4 aromatic rings. The SMILES string of the molecule is COc1ccc(C2CCCN2C(=O)c2cc(-c3cccs3)nc3c2cnn3C(C)C)cc1OC. The molecular weight excluding hydrogens is 448 g/mol. The molecule has 176 valence electrons. The van der Waals surface area contributed by atoms with Crippen LogP contribution in [0.1, 0.15) is 54.7 Å². The van der Waals surface area contributed by atoms with Crippen molar-refractivity contribution in [1.82, 2.24) is 19.7 Å². The van der Waals surface area contributed by atoms with Crippen molar-refractivity contribution in [3.05, 3.63) is 59.1 Å². The van der Waals surface area contributed by atoms with Crippen LogP contribution in [0.15, 0.2) is 48.0 Å². The highest BCUT2D eigenvalue weighted by atomic mass is 32.1. The fourth-order valence-corrected chi connectivity index (χ4v) is 5.38. The van der Waals surface area contributed by atoms with Crippen molar-refractivity contribution in [3.63, 3.8) is 0 Å². The second kappa shape index (κ2) is 9.10. The number of rotatable bonds is 6. The van der Waals surface area contributed by atoms with Gasteiger partial charge in [0.1, 0.15) is 0 Å². The quantitative estimate of drug-likeness (QED) is 0.355. The highest BCUT2D eigenvalue weighted by molar-refractivity contribution is 7.13. The maximum atomic E-state index is 14.0. The Morgan fingerprint density at radius 3 is 2.68 bits per heavy atom. The molecule has 1 fully saturated rings. The molecule has 1 saturated heterocycles. The Morgan fingerprint density at radius 2 is 1.97 bits per heavy atom. The molecule has 1 atom stereocenters. The topological polar surface area (TPSA) is 69.5 Å². The summed E-state index contributed by atoms with van der Waals surface area (Å²) in [6.45, 7) is 4.84. The lowest BCUT2D eigenvalue weighted by atomic mass is 10.0. The van der Waals surface area contributed by atoms with Crippen LogP contribution in [0, 0.1) is 0 Å². The van der Waals surface area contributed by atoms with E-state index in [4.69, 9.17) is 14.5 Å². The largest absolute Gasteiger partial charge is 0.493 e. The molecule has 1 aliphatic heterocycles. The second-order valence-corrected chi connectivity index (χ2v) is 9.67. The first kappa shape index (κ1) is 22.4. The van der Waals surface area contributed by atoms with Crippen LogP contribution in [-0.4, -0.2) is 46.3 Å². The average Bonchev–Trinajstić information content (AvgIpc) is 3.62. The third kappa shape index (κ3) is 3.81. The lowest BCUT2D eigenvalue weighted by molar-refractivity contribution is 0.0737. The van der Waals surface area contributed by atoms with Gasteiger partial charge >= 0.3 is 0 Å². The highest BCUT2D eigenvalue weighted by Gasteiger charge is 2.33. The summed E-state index contributed by atoms with van der Waals surface area (Å²) in [5.41, 5.74) is 3.24. The molecule has 34 heavy (non-hydrogen) atoms. The predicted octanol–water partition coefficient (Wildman–Crippen LogP) is 5.74. The van der Waals surface area contributed by atoms with Gasteiger partial charge in [0.15, 0.2) is 17.1 Å². The van der Waals surface area contributed by atoms with Crippen molar-refractivity contribution in [2.75, 3.05) is 20.8 Å².